The second-order valence-corrected chi connectivity index (χ2v) is 7.63. The van der Waals surface area contributed by atoms with E-state index in [1.54, 1.807) is 0 Å². The fraction of sp³-hybridized carbons (Fsp3) is 0.571. The van der Waals surface area contributed by atoms with Gasteiger partial charge in [0, 0.05) is 18.9 Å². The minimum atomic E-state index is -0.330. The van der Waals surface area contributed by atoms with Gasteiger partial charge in [-0.1, -0.05) is 29.6 Å². The second kappa shape index (κ2) is 7.75. The van der Waals surface area contributed by atoms with Gasteiger partial charge in [-0.3, -0.25) is 14.9 Å². The van der Waals surface area contributed by atoms with Crippen LogP contribution in [0, 0.1) is 0 Å². The third kappa shape index (κ3) is 4.78. The van der Waals surface area contributed by atoms with Gasteiger partial charge in [0.15, 0.2) is 0 Å². The number of hydrogen-bond donors (Lipinski definition) is 2. The summed E-state index contributed by atoms with van der Waals surface area (Å²) in [7, 11) is 0. The van der Waals surface area contributed by atoms with Crippen LogP contribution in [0.1, 0.15) is 52.4 Å². The molecule has 0 atom stereocenters. The molecular weight excluding hydrogens is 348 g/mol. The van der Waals surface area contributed by atoms with Gasteiger partial charge in [0.2, 0.25) is 16.0 Å². The zero-order chi connectivity index (χ0) is 16.9. The van der Waals surface area contributed by atoms with Crippen LogP contribution in [0.15, 0.2) is 0 Å². The van der Waals surface area contributed by atoms with Gasteiger partial charge >= 0.3 is 0 Å². The molecule has 0 saturated heterocycles. The van der Waals surface area contributed by atoms with Crippen molar-refractivity contribution in [1.82, 2.24) is 25.7 Å². The standard InChI is InChI=1S/C14H18N6O2S2/c1-2-10-17-20-14(24-10)16-12(22)13-19-18-11(23-13)5-3-4-9(21)15-8-6-7-8/h8H,2-7H2,1H3,(H,15,21)(H,16,20,22). The largest absolute Gasteiger partial charge is 0.353 e. The molecule has 1 aliphatic rings. The Hall–Kier alpha value is -1.94. The van der Waals surface area contributed by atoms with Crippen LogP contribution in [0.3, 0.4) is 0 Å². The van der Waals surface area contributed by atoms with Gasteiger partial charge in [-0.15, -0.1) is 20.4 Å². The Balaban J connectivity index is 1.45. The summed E-state index contributed by atoms with van der Waals surface area (Å²) in [5.74, 6) is -0.244. The lowest BCUT2D eigenvalue weighted by atomic mass is 10.2. The molecule has 24 heavy (non-hydrogen) atoms. The lowest BCUT2D eigenvalue weighted by molar-refractivity contribution is -0.121. The summed E-state index contributed by atoms with van der Waals surface area (Å²) >= 11 is 2.59. The Bertz CT molecular complexity index is 724. The Morgan fingerprint density at radius 2 is 1.92 bits per heavy atom. The second-order valence-electron chi connectivity index (χ2n) is 5.50. The molecule has 0 aromatic carbocycles. The van der Waals surface area contributed by atoms with E-state index in [2.05, 4.69) is 31.0 Å². The van der Waals surface area contributed by atoms with Crippen LogP contribution in [0.4, 0.5) is 5.13 Å². The molecule has 1 aliphatic carbocycles. The number of hydrogen-bond acceptors (Lipinski definition) is 8. The molecule has 2 aromatic rings. The quantitative estimate of drug-likeness (QED) is 0.737. The highest BCUT2D eigenvalue weighted by molar-refractivity contribution is 7.16. The molecule has 1 saturated carbocycles. The maximum absolute atomic E-state index is 12.1. The zero-order valence-electron chi connectivity index (χ0n) is 13.2. The van der Waals surface area contributed by atoms with Crippen molar-refractivity contribution in [3.05, 3.63) is 15.0 Å². The number of amides is 2. The van der Waals surface area contributed by atoms with Crippen molar-refractivity contribution in [1.29, 1.82) is 0 Å². The minimum absolute atomic E-state index is 0.0861. The molecule has 128 valence electrons. The van der Waals surface area contributed by atoms with Crippen molar-refractivity contribution in [3.8, 4) is 0 Å². The molecule has 0 bridgehead atoms. The Labute approximate surface area is 147 Å². The predicted octanol–water partition coefficient (Wildman–Crippen LogP) is 1.81. The molecular formula is C14H18N6O2S2. The number of nitrogens with zero attached hydrogens (tertiary/aromatic N) is 4. The summed E-state index contributed by atoms with van der Waals surface area (Å²) in [6, 6.07) is 0.392. The van der Waals surface area contributed by atoms with E-state index in [-0.39, 0.29) is 11.8 Å². The molecule has 10 heteroatoms. The van der Waals surface area contributed by atoms with Gasteiger partial charge in [-0.05, 0) is 25.7 Å². The fourth-order valence-electron chi connectivity index (χ4n) is 1.97. The van der Waals surface area contributed by atoms with Gasteiger partial charge in [0.25, 0.3) is 5.91 Å². The van der Waals surface area contributed by atoms with E-state index in [0.29, 0.717) is 35.4 Å². The third-order valence-electron chi connectivity index (χ3n) is 3.39. The number of aromatic nitrogens is 4. The van der Waals surface area contributed by atoms with Crippen LogP contribution in [0.25, 0.3) is 0 Å². The lowest BCUT2D eigenvalue weighted by Crippen LogP contribution is -2.24. The number of carbonyl (C=O) groups excluding carboxylic acids is 2. The highest BCUT2D eigenvalue weighted by Gasteiger charge is 2.23. The molecule has 2 heterocycles. The van der Waals surface area contributed by atoms with Gasteiger partial charge in [-0.25, -0.2) is 0 Å². The summed E-state index contributed by atoms with van der Waals surface area (Å²) in [5.41, 5.74) is 0. The molecule has 2 aromatic heterocycles. The van der Waals surface area contributed by atoms with E-state index in [0.717, 1.165) is 29.3 Å². The number of carbonyl (C=O) groups is 2. The van der Waals surface area contributed by atoms with Crippen LogP contribution in [-0.4, -0.2) is 38.3 Å². The topological polar surface area (TPSA) is 110 Å². The fourth-order valence-corrected chi connectivity index (χ4v) is 3.42. The van der Waals surface area contributed by atoms with Crippen molar-refractivity contribution >= 4 is 39.6 Å². The summed E-state index contributed by atoms with van der Waals surface area (Å²) < 4.78 is 0. The van der Waals surface area contributed by atoms with Crippen LogP contribution in [0.2, 0.25) is 0 Å². The highest BCUT2D eigenvalue weighted by atomic mass is 32.1. The average molecular weight is 366 g/mol. The van der Waals surface area contributed by atoms with Crippen LogP contribution in [0.5, 0.6) is 0 Å². The van der Waals surface area contributed by atoms with Crippen LogP contribution >= 0.6 is 22.7 Å². The first kappa shape index (κ1) is 16.9. The van der Waals surface area contributed by atoms with Gasteiger partial charge < -0.3 is 5.32 Å². The van der Waals surface area contributed by atoms with Crippen molar-refractivity contribution in [2.24, 2.45) is 0 Å². The average Bonchev–Trinajstić information content (AvgIpc) is 3.07. The van der Waals surface area contributed by atoms with Crippen molar-refractivity contribution in [3.63, 3.8) is 0 Å². The van der Waals surface area contributed by atoms with Gasteiger partial charge in [0.1, 0.15) is 10.0 Å². The van der Waals surface area contributed by atoms with Crippen molar-refractivity contribution < 1.29 is 9.59 Å². The first-order valence-electron chi connectivity index (χ1n) is 7.89. The molecule has 3 rings (SSSR count). The normalized spacial score (nSPS) is 13.7. The van der Waals surface area contributed by atoms with Crippen LogP contribution < -0.4 is 10.6 Å². The summed E-state index contributed by atoms with van der Waals surface area (Å²) in [6.07, 6.45) is 4.78. The summed E-state index contributed by atoms with van der Waals surface area (Å²) in [5, 5.41) is 23.8. The Morgan fingerprint density at radius 1 is 1.12 bits per heavy atom. The molecule has 2 N–H and O–H groups in total. The van der Waals surface area contributed by atoms with E-state index in [1.165, 1.54) is 22.7 Å². The maximum atomic E-state index is 12.1. The Morgan fingerprint density at radius 3 is 2.62 bits per heavy atom. The number of nitrogens with one attached hydrogen (secondary N) is 2. The van der Waals surface area contributed by atoms with E-state index in [4.69, 9.17) is 0 Å². The molecule has 1 fully saturated rings. The number of rotatable bonds is 8. The predicted molar refractivity (Wildman–Crippen MR) is 91.3 cm³/mol. The summed E-state index contributed by atoms with van der Waals surface area (Å²) in [6.45, 7) is 1.98. The van der Waals surface area contributed by atoms with Gasteiger partial charge in [0.05, 0.1) is 0 Å². The van der Waals surface area contributed by atoms with Crippen molar-refractivity contribution in [2.75, 3.05) is 5.32 Å². The molecule has 0 unspecified atom stereocenters. The SMILES string of the molecule is CCc1nnc(NC(=O)c2nnc(CCCC(=O)NC3CC3)s2)s1. The van der Waals surface area contributed by atoms with Crippen LogP contribution in [-0.2, 0) is 17.6 Å². The van der Waals surface area contributed by atoms with E-state index in [1.807, 2.05) is 6.92 Å². The van der Waals surface area contributed by atoms with E-state index in [9.17, 15) is 9.59 Å². The number of anilines is 1. The molecule has 0 aliphatic heterocycles. The first-order chi connectivity index (χ1) is 11.6. The lowest BCUT2D eigenvalue weighted by Gasteiger charge is -2.01. The van der Waals surface area contributed by atoms with E-state index >= 15 is 0 Å². The highest BCUT2D eigenvalue weighted by Crippen LogP contribution is 2.20. The van der Waals surface area contributed by atoms with Gasteiger partial charge in [-0.2, -0.15) is 0 Å². The number of aryl methyl sites for hydroxylation is 2. The minimum Gasteiger partial charge on any atom is -0.353 e. The Kier molecular flexibility index (Phi) is 5.46. The maximum Gasteiger partial charge on any atom is 0.288 e. The van der Waals surface area contributed by atoms with E-state index < -0.39 is 0 Å². The summed E-state index contributed by atoms with van der Waals surface area (Å²) in [4.78, 5) is 23.7. The zero-order valence-corrected chi connectivity index (χ0v) is 14.9. The van der Waals surface area contributed by atoms with Crippen molar-refractivity contribution in [2.45, 2.75) is 51.5 Å². The first-order valence-corrected chi connectivity index (χ1v) is 9.53. The molecule has 2 amide bonds. The molecule has 8 nitrogen and oxygen atoms in total. The molecule has 0 spiro atoms. The molecule has 0 radical (unpaired) electrons. The monoisotopic (exact) mass is 366 g/mol. The third-order valence-corrected chi connectivity index (χ3v) is 5.35. The smallest absolute Gasteiger partial charge is 0.288 e.